The number of carbonyl (C=O) groups is 1. The van der Waals surface area contributed by atoms with E-state index in [-0.39, 0.29) is 11.4 Å². The van der Waals surface area contributed by atoms with Gasteiger partial charge in [-0.25, -0.2) is 4.79 Å². The van der Waals surface area contributed by atoms with E-state index >= 15 is 0 Å². The molecule has 2 aromatic rings. The molecular weight excluding hydrogens is 455 g/mol. The van der Waals surface area contributed by atoms with Crippen LogP contribution in [-0.2, 0) is 6.54 Å². The minimum Gasteiger partial charge on any atom is -0.494 e. The fourth-order valence-electron chi connectivity index (χ4n) is 2.82. The lowest BCUT2D eigenvalue weighted by Gasteiger charge is -2.27. The Labute approximate surface area is 200 Å². The summed E-state index contributed by atoms with van der Waals surface area (Å²) in [5.74, 6) is 0.836. The Morgan fingerprint density at radius 1 is 1.06 bits per heavy atom. The maximum atomic E-state index is 13.1. The van der Waals surface area contributed by atoms with Crippen LogP contribution in [0.25, 0.3) is 0 Å². The number of benzene rings is 2. The van der Waals surface area contributed by atoms with Crippen molar-refractivity contribution in [1.82, 2.24) is 4.90 Å². The third-order valence-corrected chi connectivity index (χ3v) is 5.54. The molecule has 0 aliphatic carbocycles. The number of halogens is 3. The van der Waals surface area contributed by atoms with Gasteiger partial charge in [-0.2, -0.15) is 0 Å². The van der Waals surface area contributed by atoms with Crippen LogP contribution in [0.5, 0.6) is 5.75 Å². The number of rotatable bonds is 9. The summed E-state index contributed by atoms with van der Waals surface area (Å²) in [6, 6.07) is 10.7. The Morgan fingerprint density at radius 3 is 2.23 bits per heavy atom. The van der Waals surface area contributed by atoms with Crippen LogP contribution < -0.4 is 10.1 Å². The Balaban J connectivity index is 2.14. The maximum Gasteiger partial charge on any atom is 0.322 e. The minimum absolute atomic E-state index is 0.0884. The van der Waals surface area contributed by atoms with Crippen molar-refractivity contribution < 1.29 is 9.53 Å². The molecule has 0 aliphatic heterocycles. The molecule has 2 rings (SSSR count). The molecule has 4 nitrogen and oxygen atoms in total. The molecule has 0 aromatic heterocycles. The van der Waals surface area contributed by atoms with Gasteiger partial charge in [0.2, 0.25) is 0 Å². The molecule has 31 heavy (non-hydrogen) atoms. The zero-order valence-corrected chi connectivity index (χ0v) is 20.9. The second kappa shape index (κ2) is 11.8. The second-order valence-electron chi connectivity index (χ2n) is 8.75. The molecule has 0 atom stereocenters. The number of ether oxygens (including phenoxy) is 1. The van der Waals surface area contributed by atoms with E-state index in [0.717, 1.165) is 30.6 Å². The zero-order valence-electron chi connectivity index (χ0n) is 18.6. The van der Waals surface area contributed by atoms with Gasteiger partial charge in [0.25, 0.3) is 0 Å². The second-order valence-corrected chi connectivity index (χ2v) is 10.0. The largest absolute Gasteiger partial charge is 0.494 e. The van der Waals surface area contributed by atoms with Crippen molar-refractivity contribution in [3.63, 3.8) is 0 Å². The number of unbranched alkanes of at least 4 members (excludes halogenated alkanes) is 1. The molecule has 0 saturated carbocycles. The first-order chi connectivity index (χ1) is 14.6. The van der Waals surface area contributed by atoms with Gasteiger partial charge in [-0.1, -0.05) is 81.1 Å². The molecule has 0 aliphatic rings. The number of carbonyl (C=O) groups excluding carboxylic acids is 1. The van der Waals surface area contributed by atoms with Crippen molar-refractivity contribution >= 4 is 46.5 Å². The van der Waals surface area contributed by atoms with Crippen LogP contribution in [0.2, 0.25) is 15.1 Å². The third-order valence-electron chi connectivity index (χ3n) is 4.72. The molecule has 1 N–H and O–H groups in total. The highest BCUT2D eigenvalue weighted by Gasteiger charge is 2.20. The highest BCUT2D eigenvalue weighted by atomic mass is 35.5. The standard InChI is InChI=1S/C24H31Cl3N2O2/c1-5-6-13-31-19-9-7-17(8-10-19)16-29(12-11-24(2,3)4)23(30)28-22-20(26)14-18(25)15-21(22)27/h7-10,14-15H,5-6,11-13,16H2,1-4H3,(H,28,30). The van der Waals surface area contributed by atoms with E-state index in [0.29, 0.717) is 40.5 Å². The molecule has 0 radical (unpaired) electrons. The first-order valence-corrected chi connectivity index (χ1v) is 11.6. The summed E-state index contributed by atoms with van der Waals surface area (Å²) in [6.07, 6.45) is 2.97. The number of anilines is 1. The van der Waals surface area contributed by atoms with Crippen LogP contribution in [0.15, 0.2) is 36.4 Å². The Morgan fingerprint density at radius 2 is 1.68 bits per heavy atom. The van der Waals surface area contributed by atoms with Gasteiger partial charge in [0.05, 0.1) is 22.3 Å². The number of hydrogen-bond donors (Lipinski definition) is 1. The number of urea groups is 1. The van der Waals surface area contributed by atoms with Crippen molar-refractivity contribution in [1.29, 1.82) is 0 Å². The van der Waals surface area contributed by atoms with Crippen LogP contribution in [0.4, 0.5) is 10.5 Å². The van der Waals surface area contributed by atoms with Crippen molar-refractivity contribution in [2.45, 2.75) is 53.5 Å². The average molecular weight is 486 g/mol. The Bertz CT molecular complexity index is 841. The van der Waals surface area contributed by atoms with E-state index in [1.165, 1.54) is 0 Å². The predicted octanol–water partition coefficient (Wildman–Crippen LogP) is 8.30. The summed E-state index contributed by atoms with van der Waals surface area (Å²) < 4.78 is 5.73. The minimum atomic E-state index is -0.265. The summed E-state index contributed by atoms with van der Waals surface area (Å²) in [5, 5.41) is 3.87. The Kier molecular flexibility index (Phi) is 9.80. The highest BCUT2D eigenvalue weighted by molar-refractivity contribution is 6.42. The molecule has 0 bridgehead atoms. The van der Waals surface area contributed by atoms with Gasteiger partial charge in [0.15, 0.2) is 0 Å². The van der Waals surface area contributed by atoms with Crippen molar-refractivity contribution in [3.8, 4) is 5.75 Å². The summed E-state index contributed by atoms with van der Waals surface area (Å²) in [7, 11) is 0. The van der Waals surface area contributed by atoms with E-state index < -0.39 is 0 Å². The first kappa shape index (κ1) is 25.6. The quantitative estimate of drug-likeness (QED) is 0.363. The molecule has 7 heteroatoms. The van der Waals surface area contributed by atoms with E-state index in [1.807, 2.05) is 24.3 Å². The SMILES string of the molecule is CCCCOc1ccc(CN(CCC(C)(C)C)C(=O)Nc2c(Cl)cc(Cl)cc2Cl)cc1. The maximum absolute atomic E-state index is 13.1. The van der Waals surface area contributed by atoms with Crippen LogP contribution >= 0.6 is 34.8 Å². The lowest BCUT2D eigenvalue weighted by molar-refractivity contribution is 0.198. The smallest absolute Gasteiger partial charge is 0.322 e. The zero-order chi connectivity index (χ0) is 23.0. The highest BCUT2D eigenvalue weighted by Crippen LogP contribution is 2.34. The Hall–Kier alpha value is -1.62. The normalized spacial score (nSPS) is 11.3. The molecule has 0 unspecified atom stereocenters. The van der Waals surface area contributed by atoms with Gasteiger partial charge < -0.3 is 15.0 Å². The van der Waals surface area contributed by atoms with Gasteiger partial charge in [-0.15, -0.1) is 0 Å². The van der Waals surface area contributed by atoms with E-state index in [2.05, 4.69) is 33.0 Å². The number of amides is 2. The van der Waals surface area contributed by atoms with Gasteiger partial charge in [-0.05, 0) is 48.1 Å². The van der Waals surface area contributed by atoms with Gasteiger partial charge >= 0.3 is 6.03 Å². The predicted molar refractivity (Wildman–Crippen MR) is 132 cm³/mol. The lowest BCUT2D eigenvalue weighted by Crippen LogP contribution is -2.36. The van der Waals surface area contributed by atoms with Crippen molar-refractivity contribution in [2.75, 3.05) is 18.5 Å². The number of hydrogen-bond acceptors (Lipinski definition) is 2. The molecule has 170 valence electrons. The molecule has 2 aromatic carbocycles. The molecule has 2 amide bonds. The topological polar surface area (TPSA) is 41.6 Å². The first-order valence-electron chi connectivity index (χ1n) is 10.5. The van der Waals surface area contributed by atoms with Gasteiger partial charge in [0, 0.05) is 18.1 Å². The monoisotopic (exact) mass is 484 g/mol. The van der Waals surface area contributed by atoms with E-state index in [9.17, 15) is 4.79 Å². The van der Waals surface area contributed by atoms with Crippen LogP contribution in [-0.4, -0.2) is 24.1 Å². The van der Waals surface area contributed by atoms with Gasteiger partial charge in [0.1, 0.15) is 5.75 Å². The van der Waals surface area contributed by atoms with Crippen LogP contribution in [0.1, 0.15) is 52.5 Å². The van der Waals surface area contributed by atoms with Crippen molar-refractivity contribution in [3.05, 3.63) is 57.0 Å². The summed E-state index contributed by atoms with van der Waals surface area (Å²) in [5.41, 5.74) is 1.46. The third kappa shape index (κ3) is 8.80. The van der Waals surface area contributed by atoms with Crippen LogP contribution in [0, 0.1) is 5.41 Å². The van der Waals surface area contributed by atoms with E-state index in [1.54, 1.807) is 17.0 Å². The molecule has 0 heterocycles. The molecule has 0 saturated heterocycles. The molecule has 0 spiro atoms. The molecular formula is C24H31Cl3N2O2. The average Bonchev–Trinajstić information content (AvgIpc) is 2.68. The van der Waals surface area contributed by atoms with Crippen LogP contribution in [0.3, 0.4) is 0 Å². The fourth-order valence-corrected chi connectivity index (χ4v) is 3.73. The number of nitrogens with zero attached hydrogens (tertiary/aromatic N) is 1. The van der Waals surface area contributed by atoms with Gasteiger partial charge in [-0.3, -0.25) is 0 Å². The lowest BCUT2D eigenvalue weighted by atomic mass is 9.92. The van der Waals surface area contributed by atoms with Crippen molar-refractivity contribution in [2.24, 2.45) is 5.41 Å². The summed E-state index contributed by atoms with van der Waals surface area (Å²) >= 11 is 18.5. The molecule has 0 fully saturated rings. The van der Waals surface area contributed by atoms with E-state index in [4.69, 9.17) is 39.5 Å². The summed E-state index contributed by atoms with van der Waals surface area (Å²) in [6.45, 7) is 10.3. The summed E-state index contributed by atoms with van der Waals surface area (Å²) in [4.78, 5) is 14.9. The fraction of sp³-hybridized carbons (Fsp3) is 0.458. The number of nitrogens with one attached hydrogen (secondary N) is 1.